The van der Waals surface area contributed by atoms with Crippen LogP contribution in [0.25, 0.3) is 0 Å². The monoisotopic (exact) mass is 232 g/mol. The molecule has 94 valence electrons. The maximum absolute atomic E-state index is 6.26. The largest absolute Gasteiger partial charge is 0.324 e. The molecule has 0 amide bonds. The van der Waals surface area contributed by atoms with Gasteiger partial charge < -0.3 is 11.1 Å². The third-order valence-corrected chi connectivity index (χ3v) is 3.95. The van der Waals surface area contributed by atoms with E-state index in [4.69, 9.17) is 5.73 Å². The summed E-state index contributed by atoms with van der Waals surface area (Å²) in [6, 6.07) is 10.5. The van der Waals surface area contributed by atoms with Gasteiger partial charge in [0.25, 0.3) is 0 Å². The van der Waals surface area contributed by atoms with Gasteiger partial charge in [0.05, 0.1) is 0 Å². The van der Waals surface area contributed by atoms with Crippen molar-refractivity contribution in [2.75, 3.05) is 13.1 Å². The Kier molecular flexibility index (Phi) is 4.19. The second-order valence-electron chi connectivity index (χ2n) is 5.55. The van der Waals surface area contributed by atoms with Crippen LogP contribution in [-0.2, 0) is 0 Å². The highest BCUT2D eigenvalue weighted by molar-refractivity contribution is 5.19. The average molecular weight is 232 g/mol. The van der Waals surface area contributed by atoms with Crippen molar-refractivity contribution in [1.29, 1.82) is 0 Å². The van der Waals surface area contributed by atoms with E-state index in [0.29, 0.717) is 5.92 Å². The Hall–Kier alpha value is -0.860. The predicted octanol–water partition coefficient (Wildman–Crippen LogP) is 2.57. The standard InChI is InChI=1S/C15H24N2/c1-11-8-14(11)10-17-9-12(2)15(16)13-6-4-3-5-7-13/h3-7,11-12,14-15,17H,8-10,16H2,1-2H3. The minimum Gasteiger partial charge on any atom is -0.324 e. The molecule has 1 aromatic rings. The Morgan fingerprint density at radius 1 is 1.35 bits per heavy atom. The summed E-state index contributed by atoms with van der Waals surface area (Å²) in [6.07, 6.45) is 1.39. The highest BCUT2D eigenvalue weighted by atomic mass is 14.9. The van der Waals surface area contributed by atoms with E-state index in [1.54, 1.807) is 0 Å². The van der Waals surface area contributed by atoms with Crippen molar-refractivity contribution >= 4 is 0 Å². The zero-order chi connectivity index (χ0) is 12.3. The molecule has 0 saturated heterocycles. The Balaban J connectivity index is 1.73. The summed E-state index contributed by atoms with van der Waals surface area (Å²) in [7, 11) is 0. The number of nitrogens with two attached hydrogens (primary N) is 1. The second kappa shape index (κ2) is 5.65. The summed E-state index contributed by atoms with van der Waals surface area (Å²) >= 11 is 0. The molecule has 0 spiro atoms. The molecule has 2 heteroatoms. The third-order valence-electron chi connectivity index (χ3n) is 3.95. The molecule has 3 N–H and O–H groups in total. The Morgan fingerprint density at radius 3 is 2.59 bits per heavy atom. The van der Waals surface area contributed by atoms with Gasteiger partial charge in [0.2, 0.25) is 0 Å². The fourth-order valence-corrected chi connectivity index (χ4v) is 2.31. The van der Waals surface area contributed by atoms with Crippen molar-refractivity contribution in [3.8, 4) is 0 Å². The van der Waals surface area contributed by atoms with Crippen LogP contribution in [0.5, 0.6) is 0 Å². The van der Waals surface area contributed by atoms with Gasteiger partial charge in [-0.2, -0.15) is 0 Å². The summed E-state index contributed by atoms with van der Waals surface area (Å²) in [6.45, 7) is 6.72. The molecular formula is C15H24N2. The van der Waals surface area contributed by atoms with E-state index < -0.39 is 0 Å². The van der Waals surface area contributed by atoms with Gasteiger partial charge in [0, 0.05) is 6.04 Å². The van der Waals surface area contributed by atoms with E-state index in [1.807, 2.05) is 6.07 Å². The van der Waals surface area contributed by atoms with Crippen LogP contribution < -0.4 is 11.1 Å². The van der Waals surface area contributed by atoms with Gasteiger partial charge in [-0.25, -0.2) is 0 Å². The molecule has 17 heavy (non-hydrogen) atoms. The topological polar surface area (TPSA) is 38.0 Å². The summed E-state index contributed by atoms with van der Waals surface area (Å²) in [5, 5.41) is 3.55. The highest BCUT2D eigenvalue weighted by Crippen LogP contribution is 2.36. The lowest BCUT2D eigenvalue weighted by molar-refractivity contribution is 0.428. The van der Waals surface area contributed by atoms with Crippen molar-refractivity contribution in [3.63, 3.8) is 0 Å². The number of benzene rings is 1. The molecule has 0 bridgehead atoms. The molecule has 0 heterocycles. The first kappa shape index (κ1) is 12.6. The van der Waals surface area contributed by atoms with E-state index in [2.05, 4.69) is 43.4 Å². The van der Waals surface area contributed by atoms with Gasteiger partial charge in [-0.3, -0.25) is 0 Å². The van der Waals surface area contributed by atoms with Crippen LogP contribution in [0.3, 0.4) is 0 Å². The number of rotatable bonds is 6. The van der Waals surface area contributed by atoms with Crippen LogP contribution in [0.15, 0.2) is 30.3 Å². The van der Waals surface area contributed by atoms with Crippen molar-refractivity contribution in [2.24, 2.45) is 23.5 Å². The van der Waals surface area contributed by atoms with Crippen molar-refractivity contribution in [2.45, 2.75) is 26.3 Å². The first-order valence-electron chi connectivity index (χ1n) is 6.69. The molecule has 1 aromatic carbocycles. The minimum atomic E-state index is 0.139. The van der Waals surface area contributed by atoms with Gasteiger partial charge >= 0.3 is 0 Å². The van der Waals surface area contributed by atoms with Crippen molar-refractivity contribution in [3.05, 3.63) is 35.9 Å². The molecular weight excluding hydrogens is 208 g/mol. The fraction of sp³-hybridized carbons (Fsp3) is 0.600. The molecule has 0 radical (unpaired) electrons. The van der Waals surface area contributed by atoms with E-state index in [0.717, 1.165) is 24.9 Å². The molecule has 2 nitrogen and oxygen atoms in total. The second-order valence-corrected chi connectivity index (χ2v) is 5.55. The van der Waals surface area contributed by atoms with Crippen LogP contribution in [-0.4, -0.2) is 13.1 Å². The van der Waals surface area contributed by atoms with Gasteiger partial charge in [-0.1, -0.05) is 44.2 Å². The highest BCUT2D eigenvalue weighted by Gasteiger charge is 2.31. The average Bonchev–Trinajstić information content (AvgIpc) is 3.05. The van der Waals surface area contributed by atoms with Gasteiger partial charge in [-0.05, 0) is 42.8 Å². The van der Waals surface area contributed by atoms with Gasteiger partial charge in [0.15, 0.2) is 0 Å². The quantitative estimate of drug-likeness (QED) is 0.791. The number of hydrogen-bond acceptors (Lipinski definition) is 2. The summed E-state index contributed by atoms with van der Waals surface area (Å²) < 4.78 is 0. The summed E-state index contributed by atoms with van der Waals surface area (Å²) in [5.41, 5.74) is 7.50. The SMILES string of the molecule is CC1CC1CNCC(C)C(N)c1ccccc1. The fourth-order valence-electron chi connectivity index (χ4n) is 2.31. The van der Waals surface area contributed by atoms with Crippen molar-refractivity contribution in [1.82, 2.24) is 5.32 Å². The summed E-state index contributed by atoms with van der Waals surface area (Å²) in [4.78, 5) is 0. The van der Waals surface area contributed by atoms with E-state index >= 15 is 0 Å². The maximum Gasteiger partial charge on any atom is 0.0333 e. The molecule has 1 aliphatic rings. The first-order chi connectivity index (χ1) is 8.18. The molecule has 4 atom stereocenters. The van der Waals surface area contributed by atoms with E-state index in [-0.39, 0.29) is 6.04 Å². The molecule has 0 aromatic heterocycles. The molecule has 4 unspecified atom stereocenters. The van der Waals surface area contributed by atoms with Gasteiger partial charge in [-0.15, -0.1) is 0 Å². The third kappa shape index (κ3) is 3.55. The lowest BCUT2D eigenvalue weighted by Gasteiger charge is -2.20. The van der Waals surface area contributed by atoms with Gasteiger partial charge in [0.1, 0.15) is 0 Å². The molecule has 0 aliphatic heterocycles. The van der Waals surface area contributed by atoms with Crippen LogP contribution in [0, 0.1) is 17.8 Å². The van der Waals surface area contributed by atoms with Crippen LogP contribution >= 0.6 is 0 Å². The smallest absolute Gasteiger partial charge is 0.0333 e. The predicted molar refractivity (Wildman–Crippen MR) is 72.7 cm³/mol. The Morgan fingerprint density at radius 2 is 2.00 bits per heavy atom. The zero-order valence-electron chi connectivity index (χ0n) is 10.9. The van der Waals surface area contributed by atoms with Crippen LogP contribution in [0.4, 0.5) is 0 Å². The normalized spacial score (nSPS) is 26.5. The van der Waals surface area contributed by atoms with Crippen molar-refractivity contribution < 1.29 is 0 Å². The number of nitrogens with one attached hydrogen (secondary N) is 1. The number of hydrogen-bond donors (Lipinski definition) is 2. The zero-order valence-corrected chi connectivity index (χ0v) is 10.9. The molecule has 1 aliphatic carbocycles. The molecule has 2 rings (SSSR count). The molecule has 1 saturated carbocycles. The lowest BCUT2D eigenvalue weighted by Crippen LogP contribution is -2.30. The lowest BCUT2D eigenvalue weighted by atomic mass is 9.95. The Labute approximate surface area is 105 Å². The molecule has 1 fully saturated rings. The van der Waals surface area contributed by atoms with Crippen LogP contribution in [0.1, 0.15) is 31.9 Å². The maximum atomic E-state index is 6.26. The van der Waals surface area contributed by atoms with E-state index in [1.165, 1.54) is 12.0 Å². The van der Waals surface area contributed by atoms with E-state index in [9.17, 15) is 0 Å². The van der Waals surface area contributed by atoms with Crippen LogP contribution in [0.2, 0.25) is 0 Å². The summed E-state index contributed by atoms with van der Waals surface area (Å²) in [5.74, 6) is 2.32. The Bertz CT molecular complexity index is 336. The first-order valence-corrected chi connectivity index (χ1v) is 6.69. The minimum absolute atomic E-state index is 0.139.